The van der Waals surface area contributed by atoms with Crippen molar-refractivity contribution >= 4 is 0 Å². The van der Waals surface area contributed by atoms with Crippen molar-refractivity contribution in [2.75, 3.05) is 33.6 Å². The van der Waals surface area contributed by atoms with Gasteiger partial charge in [-0.25, -0.2) is 0 Å². The first-order valence-corrected chi connectivity index (χ1v) is 5.94. The summed E-state index contributed by atoms with van der Waals surface area (Å²) in [5, 5.41) is 0. The minimum absolute atomic E-state index is 0.130. The zero-order chi connectivity index (χ0) is 11.6. The molecule has 1 aliphatic carbocycles. The van der Waals surface area contributed by atoms with E-state index in [1.54, 1.807) is 0 Å². The third kappa shape index (κ3) is 1.03. The van der Waals surface area contributed by atoms with Crippen LogP contribution < -0.4 is 0 Å². The fraction of sp³-hybridized carbons (Fsp3) is 1.00. The summed E-state index contributed by atoms with van der Waals surface area (Å²) in [7, 11) is 0. The molecule has 6 nitrogen and oxygen atoms in total. The number of hydrogen-bond acceptors (Lipinski definition) is 6. The van der Waals surface area contributed by atoms with E-state index in [0.717, 1.165) is 6.42 Å². The van der Waals surface area contributed by atoms with Gasteiger partial charge >= 0.3 is 0 Å². The molecular weight excluding hydrogens is 228 g/mol. The lowest BCUT2D eigenvalue weighted by atomic mass is 9.82. The van der Waals surface area contributed by atoms with Crippen LogP contribution in [0.3, 0.4) is 0 Å². The van der Waals surface area contributed by atoms with Gasteiger partial charge in [0.1, 0.15) is 13.6 Å². The van der Waals surface area contributed by atoms with Crippen molar-refractivity contribution in [2.24, 2.45) is 11.3 Å². The van der Waals surface area contributed by atoms with E-state index in [-0.39, 0.29) is 31.7 Å². The average molecular weight is 244 g/mol. The smallest absolute Gasteiger partial charge is 0.236 e. The normalized spacial score (nSPS) is 57.4. The average Bonchev–Trinajstić information content (AvgIpc) is 2.77. The monoisotopic (exact) mass is 244 g/mol. The fourth-order valence-corrected chi connectivity index (χ4v) is 3.79. The zero-order valence-electron chi connectivity index (χ0n) is 9.77. The van der Waals surface area contributed by atoms with Crippen molar-refractivity contribution in [3.8, 4) is 0 Å². The summed E-state index contributed by atoms with van der Waals surface area (Å²) in [4.78, 5) is 0. The van der Waals surface area contributed by atoms with Gasteiger partial charge in [-0.15, -0.1) is 0 Å². The van der Waals surface area contributed by atoms with Crippen LogP contribution in [0.25, 0.3) is 0 Å². The van der Waals surface area contributed by atoms with E-state index in [1.807, 2.05) is 0 Å². The molecular formula is C11H16O6. The zero-order valence-corrected chi connectivity index (χ0v) is 9.77. The molecule has 1 saturated carbocycles. The Kier molecular flexibility index (Phi) is 2.01. The topological polar surface area (TPSA) is 55.4 Å². The number of rotatable bonds is 0. The summed E-state index contributed by atoms with van der Waals surface area (Å²) in [6.07, 6.45) is 0.854. The summed E-state index contributed by atoms with van der Waals surface area (Å²) < 4.78 is 34.0. The highest BCUT2D eigenvalue weighted by atomic mass is 16.9. The van der Waals surface area contributed by atoms with E-state index in [0.29, 0.717) is 13.2 Å². The van der Waals surface area contributed by atoms with Gasteiger partial charge < -0.3 is 28.4 Å². The lowest BCUT2D eigenvalue weighted by Gasteiger charge is -2.48. The van der Waals surface area contributed by atoms with Crippen molar-refractivity contribution in [1.82, 2.24) is 0 Å². The molecule has 4 aliphatic rings. The van der Waals surface area contributed by atoms with Crippen molar-refractivity contribution in [1.29, 1.82) is 0 Å². The van der Waals surface area contributed by atoms with Crippen molar-refractivity contribution in [3.63, 3.8) is 0 Å². The van der Waals surface area contributed by atoms with E-state index in [2.05, 4.69) is 6.92 Å². The molecule has 4 fully saturated rings. The first-order valence-electron chi connectivity index (χ1n) is 5.94. The molecule has 0 unspecified atom stereocenters. The molecule has 4 rings (SSSR count). The molecule has 3 aliphatic heterocycles. The third-order valence-corrected chi connectivity index (χ3v) is 4.47. The molecule has 96 valence electrons. The summed E-state index contributed by atoms with van der Waals surface area (Å²) in [6.45, 7) is 3.96. The maximum atomic E-state index is 5.83. The molecule has 3 saturated heterocycles. The van der Waals surface area contributed by atoms with Gasteiger partial charge in [0.2, 0.25) is 11.6 Å². The third-order valence-electron chi connectivity index (χ3n) is 4.47. The molecule has 17 heavy (non-hydrogen) atoms. The molecule has 0 aromatic carbocycles. The van der Waals surface area contributed by atoms with Gasteiger partial charge in [0.15, 0.2) is 6.79 Å². The van der Waals surface area contributed by atoms with E-state index in [4.69, 9.17) is 28.4 Å². The molecule has 0 amide bonds. The first-order chi connectivity index (χ1) is 8.23. The van der Waals surface area contributed by atoms with Gasteiger partial charge in [-0.1, -0.05) is 6.92 Å². The molecule has 3 heterocycles. The quantitative estimate of drug-likeness (QED) is 0.615. The maximum absolute atomic E-state index is 5.83. The Hall–Kier alpha value is -0.240. The Bertz CT molecular complexity index is 349. The van der Waals surface area contributed by atoms with Crippen LogP contribution in [0.4, 0.5) is 0 Å². The molecule has 0 N–H and O–H groups in total. The second-order valence-corrected chi connectivity index (χ2v) is 5.40. The summed E-state index contributed by atoms with van der Waals surface area (Å²) in [6, 6.07) is 0. The summed E-state index contributed by atoms with van der Waals surface area (Å²) in [5.41, 5.74) is -0.250. The minimum atomic E-state index is -0.841. The van der Waals surface area contributed by atoms with E-state index >= 15 is 0 Å². The summed E-state index contributed by atoms with van der Waals surface area (Å²) >= 11 is 0. The van der Waals surface area contributed by atoms with Crippen molar-refractivity contribution < 1.29 is 28.4 Å². The Morgan fingerprint density at radius 1 is 0.941 bits per heavy atom. The van der Waals surface area contributed by atoms with Crippen LogP contribution in [0.1, 0.15) is 13.3 Å². The van der Waals surface area contributed by atoms with Crippen molar-refractivity contribution in [3.05, 3.63) is 0 Å². The van der Waals surface area contributed by atoms with Gasteiger partial charge in [-0.3, -0.25) is 0 Å². The number of ether oxygens (including phenoxy) is 6. The van der Waals surface area contributed by atoms with Gasteiger partial charge in [0.25, 0.3) is 0 Å². The molecule has 0 aromatic rings. The molecule has 0 bridgehead atoms. The molecule has 4 atom stereocenters. The minimum Gasteiger partial charge on any atom is -0.355 e. The highest BCUT2D eigenvalue weighted by Crippen LogP contribution is 2.64. The van der Waals surface area contributed by atoms with Crippen LogP contribution in [0.5, 0.6) is 0 Å². The van der Waals surface area contributed by atoms with Crippen molar-refractivity contribution in [2.45, 2.75) is 24.9 Å². The Morgan fingerprint density at radius 2 is 1.71 bits per heavy atom. The Morgan fingerprint density at radius 3 is 2.65 bits per heavy atom. The fourth-order valence-electron chi connectivity index (χ4n) is 3.79. The number of hydrogen-bond donors (Lipinski definition) is 0. The van der Waals surface area contributed by atoms with Crippen LogP contribution in [0.2, 0.25) is 0 Å². The SMILES string of the molecule is C[C@]12COCO[C@]13OCO[C@@]31OCOC[C@H]1C2. The van der Waals surface area contributed by atoms with Gasteiger partial charge in [0.05, 0.1) is 18.6 Å². The molecule has 0 radical (unpaired) electrons. The predicted octanol–water partition coefficient (Wildman–Crippen LogP) is 0.418. The van der Waals surface area contributed by atoms with E-state index in [9.17, 15) is 0 Å². The highest BCUT2D eigenvalue weighted by Gasteiger charge is 2.79. The second kappa shape index (κ2) is 3.20. The summed E-state index contributed by atoms with van der Waals surface area (Å²) in [5.74, 6) is -1.53. The van der Waals surface area contributed by atoms with Crippen LogP contribution in [-0.4, -0.2) is 45.2 Å². The van der Waals surface area contributed by atoms with Crippen LogP contribution in [0.15, 0.2) is 0 Å². The van der Waals surface area contributed by atoms with Crippen LogP contribution in [0, 0.1) is 11.3 Å². The molecule has 2 spiro atoms. The lowest BCUT2D eigenvalue weighted by molar-refractivity contribution is -0.417. The van der Waals surface area contributed by atoms with Crippen LogP contribution in [-0.2, 0) is 28.4 Å². The highest BCUT2D eigenvalue weighted by molar-refractivity contribution is 5.15. The van der Waals surface area contributed by atoms with E-state index < -0.39 is 11.6 Å². The van der Waals surface area contributed by atoms with Gasteiger partial charge in [-0.05, 0) is 6.42 Å². The molecule has 6 heteroatoms. The second-order valence-electron chi connectivity index (χ2n) is 5.40. The Labute approximate surface area is 99.0 Å². The lowest BCUT2D eigenvalue weighted by Crippen LogP contribution is -2.64. The Balaban J connectivity index is 1.84. The van der Waals surface area contributed by atoms with Gasteiger partial charge in [-0.2, -0.15) is 0 Å². The largest absolute Gasteiger partial charge is 0.355 e. The van der Waals surface area contributed by atoms with E-state index in [1.165, 1.54) is 0 Å². The van der Waals surface area contributed by atoms with Gasteiger partial charge in [0, 0.05) is 5.92 Å². The predicted molar refractivity (Wildman–Crippen MR) is 52.5 cm³/mol. The first kappa shape index (κ1) is 10.7. The maximum Gasteiger partial charge on any atom is 0.236 e. The van der Waals surface area contributed by atoms with Crippen LogP contribution >= 0.6 is 0 Å². The molecule has 0 aromatic heterocycles. The standard InChI is InChI=1S/C11H16O6/c1-9-2-8-3-12-5-14-10(8)11(9,17-7-15-10)16-6-13-4-9/h8H,2-7H2,1H3/t8-,9+,10-,11+/m1/s1.